The van der Waals surface area contributed by atoms with Gasteiger partial charge in [-0.1, -0.05) is 18.2 Å². The smallest absolute Gasteiger partial charge is 0.126 e. The maximum Gasteiger partial charge on any atom is 0.126 e. The van der Waals surface area contributed by atoms with E-state index in [0.717, 1.165) is 16.7 Å². The highest BCUT2D eigenvalue weighted by molar-refractivity contribution is 7.84. The van der Waals surface area contributed by atoms with Crippen molar-refractivity contribution in [3.8, 4) is 0 Å². The molecule has 0 aliphatic heterocycles. The standard InChI is InChI=1S/C13H16N2OS/c1-10(9-17(2)16)14-13-8-7-11-5-3-4-6-12(11)15-13/h3-8,10H,9H2,1-2H3,(H,14,15). The summed E-state index contributed by atoms with van der Waals surface area (Å²) in [4.78, 5) is 4.51. The minimum Gasteiger partial charge on any atom is -0.367 e. The largest absolute Gasteiger partial charge is 0.367 e. The molecule has 0 aliphatic rings. The third-order valence-electron chi connectivity index (χ3n) is 2.48. The fourth-order valence-corrected chi connectivity index (χ4v) is 2.58. The zero-order valence-electron chi connectivity index (χ0n) is 10.0. The van der Waals surface area contributed by atoms with Gasteiger partial charge in [-0.2, -0.15) is 0 Å². The minimum atomic E-state index is -0.787. The van der Waals surface area contributed by atoms with Crippen LogP contribution in [0.4, 0.5) is 5.82 Å². The number of anilines is 1. The van der Waals surface area contributed by atoms with Gasteiger partial charge in [0.2, 0.25) is 0 Å². The first-order chi connectivity index (χ1) is 8.15. The molecule has 0 spiro atoms. The maximum absolute atomic E-state index is 11.1. The van der Waals surface area contributed by atoms with Crippen LogP contribution >= 0.6 is 0 Å². The van der Waals surface area contributed by atoms with E-state index in [0.29, 0.717) is 5.75 Å². The van der Waals surface area contributed by atoms with Crippen molar-refractivity contribution < 1.29 is 4.21 Å². The first-order valence-corrected chi connectivity index (χ1v) is 7.30. The summed E-state index contributed by atoms with van der Waals surface area (Å²) in [5.74, 6) is 1.47. The third-order valence-corrected chi connectivity index (χ3v) is 3.45. The second-order valence-electron chi connectivity index (χ2n) is 4.17. The number of rotatable bonds is 4. The number of hydrogen-bond donors (Lipinski definition) is 1. The van der Waals surface area contributed by atoms with Gasteiger partial charge in [0.25, 0.3) is 0 Å². The van der Waals surface area contributed by atoms with Gasteiger partial charge in [0.05, 0.1) is 5.52 Å². The van der Waals surface area contributed by atoms with E-state index in [1.807, 2.05) is 43.3 Å². The third kappa shape index (κ3) is 3.27. The number of pyridine rings is 1. The molecule has 0 aliphatic carbocycles. The van der Waals surface area contributed by atoms with Crippen molar-refractivity contribution in [1.29, 1.82) is 0 Å². The predicted molar refractivity (Wildman–Crippen MR) is 73.8 cm³/mol. The molecule has 17 heavy (non-hydrogen) atoms. The van der Waals surface area contributed by atoms with Gasteiger partial charge in [-0.15, -0.1) is 0 Å². The van der Waals surface area contributed by atoms with Crippen LogP contribution in [-0.2, 0) is 10.8 Å². The van der Waals surface area contributed by atoms with E-state index in [9.17, 15) is 4.21 Å². The normalized spacial score (nSPS) is 14.5. The highest BCUT2D eigenvalue weighted by Gasteiger charge is 2.05. The van der Waals surface area contributed by atoms with Crippen LogP contribution in [-0.4, -0.2) is 27.2 Å². The molecule has 2 atom stereocenters. The topological polar surface area (TPSA) is 42.0 Å². The molecule has 2 rings (SSSR count). The molecule has 2 unspecified atom stereocenters. The van der Waals surface area contributed by atoms with Crippen LogP contribution in [0.3, 0.4) is 0 Å². The molecule has 1 heterocycles. The first-order valence-electron chi connectivity index (χ1n) is 5.57. The van der Waals surface area contributed by atoms with E-state index < -0.39 is 10.8 Å². The van der Waals surface area contributed by atoms with Gasteiger partial charge in [0.15, 0.2) is 0 Å². The van der Waals surface area contributed by atoms with Crippen LogP contribution in [0.1, 0.15) is 6.92 Å². The SMILES string of the molecule is CC(CS(C)=O)Nc1ccc2ccccc2n1. The Morgan fingerprint density at radius 3 is 2.82 bits per heavy atom. The van der Waals surface area contributed by atoms with Gasteiger partial charge in [-0.05, 0) is 25.1 Å². The maximum atomic E-state index is 11.1. The molecule has 1 aromatic carbocycles. The van der Waals surface area contributed by atoms with Crippen LogP contribution in [0.15, 0.2) is 36.4 Å². The van der Waals surface area contributed by atoms with Gasteiger partial charge >= 0.3 is 0 Å². The molecule has 2 aromatic rings. The summed E-state index contributed by atoms with van der Waals surface area (Å²) in [6.45, 7) is 2.01. The van der Waals surface area contributed by atoms with Crippen LogP contribution in [0, 0.1) is 0 Å². The molecule has 1 N–H and O–H groups in total. The van der Waals surface area contributed by atoms with Crippen molar-refractivity contribution in [2.24, 2.45) is 0 Å². The average molecular weight is 248 g/mol. The molecule has 4 heteroatoms. The van der Waals surface area contributed by atoms with Gasteiger partial charge in [-0.3, -0.25) is 4.21 Å². The summed E-state index contributed by atoms with van der Waals surface area (Å²) in [6.07, 6.45) is 1.71. The lowest BCUT2D eigenvalue weighted by atomic mass is 10.2. The van der Waals surface area contributed by atoms with Gasteiger partial charge in [0, 0.05) is 34.2 Å². The lowest BCUT2D eigenvalue weighted by Gasteiger charge is -2.13. The number of nitrogens with zero attached hydrogens (tertiary/aromatic N) is 1. The van der Waals surface area contributed by atoms with Crippen LogP contribution < -0.4 is 5.32 Å². The average Bonchev–Trinajstić information content (AvgIpc) is 2.27. The molecule has 0 bridgehead atoms. The molecule has 3 nitrogen and oxygen atoms in total. The van der Waals surface area contributed by atoms with Gasteiger partial charge < -0.3 is 5.32 Å². The quantitative estimate of drug-likeness (QED) is 0.903. The van der Waals surface area contributed by atoms with Crippen molar-refractivity contribution >= 4 is 27.5 Å². The number of nitrogens with one attached hydrogen (secondary N) is 1. The lowest BCUT2D eigenvalue weighted by molar-refractivity contribution is 0.683. The van der Waals surface area contributed by atoms with E-state index in [-0.39, 0.29) is 6.04 Å². The van der Waals surface area contributed by atoms with E-state index in [1.165, 1.54) is 0 Å². The van der Waals surface area contributed by atoms with E-state index in [1.54, 1.807) is 6.26 Å². The molecular formula is C13H16N2OS. The molecule has 0 amide bonds. The highest BCUT2D eigenvalue weighted by atomic mass is 32.2. The van der Waals surface area contributed by atoms with Crippen molar-refractivity contribution in [2.45, 2.75) is 13.0 Å². The number of fused-ring (bicyclic) bond motifs is 1. The monoisotopic (exact) mass is 248 g/mol. The Balaban J connectivity index is 2.16. The second kappa shape index (κ2) is 5.27. The summed E-state index contributed by atoms with van der Waals surface area (Å²) in [5, 5.41) is 4.39. The van der Waals surface area contributed by atoms with Gasteiger partial charge in [0.1, 0.15) is 5.82 Å². The van der Waals surface area contributed by atoms with Crippen molar-refractivity contribution in [3.63, 3.8) is 0 Å². The predicted octanol–water partition coefficient (Wildman–Crippen LogP) is 2.41. The number of hydrogen-bond acceptors (Lipinski definition) is 3. The molecule has 0 saturated carbocycles. The van der Waals surface area contributed by atoms with Crippen LogP contribution in [0.5, 0.6) is 0 Å². The molecular weight excluding hydrogens is 232 g/mol. The van der Waals surface area contributed by atoms with E-state index in [4.69, 9.17) is 0 Å². The zero-order chi connectivity index (χ0) is 12.3. The summed E-state index contributed by atoms with van der Waals surface area (Å²) in [7, 11) is -0.787. The van der Waals surface area contributed by atoms with Crippen LogP contribution in [0.25, 0.3) is 10.9 Å². The summed E-state index contributed by atoms with van der Waals surface area (Å²) in [5.41, 5.74) is 0.974. The van der Waals surface area contributed by atoms with Crippen molar-refractivity contribution in [1.82, 2.24) is 4.98 Å². The minimum absolute atomic E-state index is 0.162. The summed E-state index contributed by atoms with van der Waals surface area (Å²) >= 11 is 0. The van der Waals surface area contributed by atoms with Crippen molar-refractivity contribution in [3.05, 3.63) is 36.4 Å². The van der Waals surface area contributed by atoms with E-state index in [2.05, 4.69) is 10.3 Å². The fraction of sp³-hybridized carbons (Fsp3) is 0.308. The Hall–Kier alpha value is -1.42. The molecule has 1 aromatic heterocycles. The Morgan fingerprint density at radius 1 is 1.29 bits per heavy atom. The van der Waals surface area contributed by atoms with Gasteiger partial charge in [-0.25, -0.2) is 4.98 Å². The Morgan fingerprint density at radius 2 is 2.06 bits per heavy atom. The fourth-order valence-electron chi connectivity index (χ4n) is 1.79. The lowest BCUT2D eigenvalue weighted by Crippen LogP contribution is -2.22. The molecule has 0 saturated heterocycles. The Bertz CT molecular complexity index is 542. The summed E-state index contributed by atoms with van der Waals surface area (Å²) < 4.78 is 11.1. The number of benzene rings is 1. The number of aromatic nitrogens is 1. The molecule has 0 fully saturated rings. The Kier molecular flexibility index (Phi) is 3.74. The molecule has 0 radical (unpaired) electrons. The summed E-state index contributed by atoms with van der Waals surface area (Å²) in [6, 6.07) is 12.2. The zero-order valence-corrected chi connectivity index (χ0v) is 10.8. The first kappa shape index (κ1) is 12.0. The van der Waals surface area contributed by atoms with Crippen molar-refractivity contribution in [2.75, 3.05) is 17.3 Å². The Labute approximate surface area is 104 Å². The number of para-hydroxylation sites is 1. The van der Waals surface area contributed by atoms with Crippen LogP contribution in [0.2, 0.25) is 0 Å². The highest BCUT2D eigenvalue weighted by Crippen LogP contribution is 2.15. The second-order valence-corrected chi connectivity index (χ2v) is 5.65. The van der Waals surface area contributed by atoms with E-state index >= 15 is 0 Å². The molecule has 90 valence electrons.